The SMILES string of the molecule is COc1ccc(NC(=O)c2ccc(OCc3c(C)noc3C)c(OC)c2)cc1NC(C)=O. The number of rotatable bonds is 8. The van der Waals surface area contributed by atoms with E-state index in [4.69, 9.17) is 18.7 Å². The van der Waals surface area contributed by atoms with Crippen LogP contribution in [0.5, 0.6) is 17.2 Å². The van der Waals surface area contributed by atoms with Crippen LogP contribution in [0.1, 0.15) is 34.3 Å². The lowest BCUT2D eigenvalue weighted by molar-refractivity contribution is -0.114. The maximum atomic E-state index is 12.8. The van der Waals surface area contributed by atoms with Gasteiger partial charge in [0.1, 0.15) is 18.1 Å². The number of aromatic nitrogens is 1. The fourth-order valence-electron chi connectivity index (χ4n) is 3.06. The molecule has 3 aromatic rings. The molecule has 0 atom stereocenters. The van der Waals surface area contributed by atoms with Crippen molar-refractivity contribution in [3.05, 3.63) is 59.0 Å². The zero-order valence-corrected chi connectivity index (χ0v) is 18.6. The Morgan fingerprint density at radius 3 is 2.31 bits per heavy atom. The first kappa shape index (κ1) is 22.7. The van der Waals surface area contributed by atoms with Gasteiger partial charge in [-0.05, 0) is 50.2 Å². The molecule has 1 aromatic heterocycles. The summed E-state index contributed by atoms with van der Waals surface area (Å²) >= 11 is 0. The monoisotopic (exact) mass is 439 g/mol. The second kappa shape index (κ2) is 9.86. The molecule has 0 saturated carbocycles. The third kappa shape index (κ3) is 5.18. The summed E-state index contributed by atoms with van der Waals surface area (Å²) in [5.74, 6) is 1.48. The number of amides is 2. The molecule has 168 valence electrons. The van der Waals surface area contributed by atoms with Gasteiger partial charge in [0, 0.05) is 18.2 Å². The number of benzene rings is 2. The smallest absolute Gasteiger partial charge is 0.255 e. The van der Waals surface area contributed by atoms with Crippen molar-refractivity contribution >= 4 is 23.2 Å². The molecule has 9 nitrogen and oxygen atoms in total. The first-order chi connectivity index (χ1) is 15.3. The predicted molar refractivity (Wildman–Crippen MR) is 119 cm³/mol. The molecule has 1 heterocycles. The summed E-state index contributed by atoms with van der Waals surface area (Å²) in [7, 11) is 3.00. The number of nitrogens with zero attached hydrogens (tertiary/aromatic N) is 1. The lowest BCUT2D eigenvalue weighted by Gasteiger charge is -2.14. The van der Waals surface area contributed by atoms with Crippen LogP contribution in [0, 0.1) is 13.8 Å². The van der Waals surface area contributed by atoms with E-state index in [0.29, 0.717) is 39.9 Å². The van der Waals surface area contributed by atoms with Crippen LogP contribution in [0.15, 0.2) is 40.9 Å². The van der Waals surface area contributed by atoms with E-state index in [9.17, 15) is 9.59 Å². The van der Waals surface area contributed by atoms with Gasteiger partial charge in [0.05, 0.1) is 31.2 Å². The molecular formula is C23H25N3O6. The second-order valence-electron chi connectivity index (χ2n) is 7.01. The summed E-state index contributed by atoms with van der Waals surface area (Å²) in [6.07, 6.45) is 0. The van der Waals surface area contributed by atoms with Crippen LogP contribution in [0.3, 0.4) is 0 Å². The third-order valence-electron chi connectivity index (χ3n) is 4.75. The van der Waals surface area contributed by atoms with Crippen molar-refractivity contribution in [2.45, 2.75) is 27.4 Å². The summed E-state index contributed by atoms with van der Waals surface area (Å²) < 4.78 is 21.6. The van der Waals surface area contributed by atoms with Gasteiger partial charge < -0.3 is 29.4 Å². The topological polar surface area (TPSA) is 112 Å². The zero-order valence-electron chi connectivity index (χ0n) is 18.6. The number of nitrogens with one attached hydrogen (secondary N) is 2. The van der Waals surface area contributed by atoms with Crippen LogP contribution in [-0.2, 0) is 11.4 Å². The van der Waals surface area contributed by atoms with Crippen LogP contribution in [-0.4, -0.2) is 31.2 Å². The number of methoxy groups -OCH3 is 2. The van der Waals surface area contributed by atoms with Crippen molar-refractivity contribution < 1.29 is 28.3 Å². The van der Waals surface area contributed by atoms with Gasteiger partial charge in [-0.3, -0.25) is 9.59 Å². The van der Waals surface area contributed by atoms with E-state index in [-0.39, 0.29) is 18.4 Å². The van der Waals surface area contributed by atoms with E-state index in [1.54, 1.807) is 36.4 Å². The summed E-state index contributed by atoms with van der Waals surface area (Å²) in [6.45, 7) is 5.32. The average molecular weight is 439 g/mol. The standard InChI is InChI=1S/C23H25N3O6/c1-13-18(14(2)32-26-13)12-31-21-8-6-16(10-22(21)30-5)23(28)25-17-7-9-20(29-4)19(11-17)24-15(3)27/h6-11H,12H2,1-5H3,(H,24,27)(H,25,28). The van der Waals surface area contributed by atoms with Gasteiger partial charge >= 0.3 is 0 Å². The summed E-state index contributed by atoms with van der Waals surface area (Å²) in [5, 5.41) is 9.39. The molecule has 0 aliphatic heterocycles. The normalized spacial score (nSPS) is 10.4. The lowest BCUT2D eigenvalue weighted by atomic mass is 10.1. The molecule has 0 bridgehead atoms. The third-order valence-corrected chi connectivity index (χ3v) is 4.75. The Labute approximate surface area is 185 Å². The molecule has 2 amide bonds. The van der Waals surface area contributed by atoms with Gasteiger partial charge in [0.25, 0.3) is 5.91 Å². The quantitative estimate of drug-likeness (QED) is 0.543. The molecule has 2 N–H and O–H groups in total. The van der Waals surface area contributed by atoms with E-state index in [1.165, 1.54) is 21.1 Å². The molecule has 32 heavy (non-hydrogen) atoms. The summed E-state index contributed by atoms with van der Waals surface area (Å²) in [4.78, 5) is 24.2. The van der Waals surface area contributed by atoms with Crippen LogP contribution in [0.2, 0.25) is 0 Å². The molecule has 0 fully saturated rings. The minimum absolute atomic E-state index is 0.247. The Morgan fingerprint density at radius 2 is 1.69 bits per heavy atom. The highest BCUT2D eigenvalue weighted by molar-refractivity contribution is 6.05. The first-order valence-electron chi connectivity index (χ1n) is 9.82. The van der Waals surface area contributed by atoms with Gasteiger partial charge in [0.15, 0.2) is 11.5 Å². The number of hydrogen-bond donors (Lipinski definition) is 2. The average Bonchev–Trinajstić information content (AvgIpc) is 3.09. The Morgan fingerprint density at radius 1 is 0.969 bits per heavy atom. The largest absolute Gasteiger partial charge is 0.495 e. The van der Waals surface area contributed by atoms with E-state index in [0.717, 1.165) is 11.3 Å². The van der Waals surface area contributed by atoms with Gasteiger partial charge in [-0.2, -0.15) is 0 Å². The molecule has 0 aliphatic carbocycles. The van der Waals surface area contributed by atoms with Crippen molar-refractivity contribution in [3.8, 4) is 17.2 Å². The van der Waals surface area contributed by atoms with Crippen molar-refractivity contribution in [2.24, 2.45) is 0 Å². The van der Waals surface area contributed by atoms with E-state index < -0.39 is 0 Å². The van der Waals surface area contributed by atoms with Crippen LogP contribution < -0.4 is 24.8 Å². The Hall–Kier alpha value is -4.01. The van der Waals surface area contributed by atoms with Crippen LogP contribution in [0.25, 0.3) is 0 Å². The Bertz CT molecular complexity index is 1120. The molecule has 3 rings (SSSR count). The first-order valence-corrected chi connectivity index (χ1v) is 9.82. The van der Waals surface area contributed by atoms with Crippen LogP contribution in [0.4, 0.5) is 11.4 Å². The van der Waals surface area contributed by atoms with Crippen molar-refractivity contribution in [1.29, 1.82) is 0 Å². The highest BCUT2D eigenvalue weighted by Gasteiger charge is 2.15. The number of carbonyl (C=O) groups excluding carboxylic acids is 2. The molecule has 2 aromatic carbocycles. The van der Waals surface area contributed by atoms with Crippen molar-refractivity contribution in [2.75, 3.05) is 24.9 Å². The number of anilines is 2. The minimum Gasteiger partial charge on any atom is -0.495 e. The van der Waals surface area contributed by atoms with Crippen molar-refractivity contribution in [1.82, 2.24) is 5.16 Å². The number of carbonyl (C=O) groups is 2. The second-order valence-corrected chi connectivity index (χ2v) is 7.01. The van der Waals surface area contributed by atoms with Crippen molar-refractivity contribution in [3.63, 3.8) is 0 Å². The predicted octanol–water partition coefficient (Wildman–Crippen LogP) is 4.10. The van der Waals surface area contributed by atoms with Gasteiger partial charge in [0.2, 0.25) is 5.91 Å². The molecule has 9 heteroatoms. The highest BCUT2D eigenvalue weighted by Crippen LogP contribution is 2.31. The van der Waals surface area contributed by atoms with E-state index in [2.05, 4.69) is 15.8 Å². The molecule has 0 radical (unpaired) electrons. The Balaban J connectivity index is 1.75. The van der Waals surface area contributed by atoms with Gasteiger partial charge in [-0.1, -0.05) is 5.16 Å². The Kier molecular flexibility index (Phi) is 6.99. The van der Waals surface area contributed by atoms with E-state index in [1.807, 2.05) is 13.8 Å². The van der Waals surface area contributed by atoms with Gasteiger partial charge in [-0.25, -0.2) is 0 Å². The maximum absolute atomic E-state index is 12.8. The summed E-state index contributed by atoms with van der Waals surface area (Å²) in [6, 6.07) is 9.86. The molecule has 0 saturated heterocycles. The van der Waals surface area contributed by atoms with E-state index >= 15 is 0 Å². The maximum Gasteiger partial charge on any atom is 0.255 e. The summed E-state index contributed by atoms with van der Waals surface area (Å²) in [5.41, 5.74) is 2.96. The van der Waals surface area contributed by atoms with Crippen LogP contribution >= 0.6 is 0 Å². The molecule has 0 spiro atoms. The molecule has 0 unspecified atom stereocenters. The number of hydrogen-bond acceptors (Lipinski definition) is 7. The minimum atomic E-state index is -0.348. The highest BCUT2D eigenvalue weighted by atomic mass is 16.5. The molecule has 0 aliphatic rings. The fraction of sp³-hybridized carbons (Fsp3) is 0.261. The zero-order chi connectivity index (χ0) is 23.3. The molecular weight excluding hydrogens is 414 g/mol. The number of ether oxygens (including phenoxy) is 3. The van der Waals surface area contributed by atoms with Gasteiger partial charge in [-0.15, -0.1) is 0 Å². The number of aryl methyl sites for hydroxylation is 2. The fourth-order valence-corrected chi connectivity index (χ4v) is 3.06. The lowest BCUT2D eigenvalue weighted by Crippen LogP contribution is -2.13.